The highest BCUT2D eigenvalue weighted by atomic mass is 16.2. The topological polar surface area (TPSA) is 58.2 Å². The van der Waals surface area contributed by atoms with Crippen molar-refractivity contribution in [3.63, 3.8) is 0 Å². The lowest BCUT2D eigenvalue weighted by atomic mass is 9.95. The highest BCUT2D eigenvalue weighted by Gasteiger charge is 2.23. The van der Waals surface area contributed by atoms with Crippen molar-refractivity contribution in [2.45, 2.75) is 27.9 Å². The minimum atomic E-state index is -0.315. The fraction of sp³-hybridized carbons (Fsp3) is 0.154. The van der Waals surface area contributed by atoms with E-state index in [4.69, 9.17) is 0 Å². The molecule has 0 saturated carbocycles. The van der Waals surface area contributed by atoms with Crippen LogP contribution in [0.1, 0.15) is 46.7 Å². The van der Waals surface area contributed by atoms with Crippen LogP contribution in [0.5, 0.6) is 0 Å². The van der Waals surface area contributed by atoms with Gasteiger partial charge in [-0.3, -0.25) is 14.9 Å². The van der Waals surface area contributed by atoms with E-state index in [9.17, 15) is 9.59 Å². The average molecular weight is 399 g/mol. The molecule has 6 rings (SSSR count). The van der Waals surface area contributed by atoms with E-state index in [0.717, 1.165) is 23.9 Å². The second-order valence-corrected chi connectivity index (χ2v) is 7.03. The Kier molecular flexibility index (Phi) is 5.99. The zero-order valence-electron chi connectivity index (χ0n) is 15.2. The maximum atomic E-state index is 11.6. The zero-order chi connectivity index (χ0) is 19.1. The first-order valence-electron chi connectivity index (χ1n) is 9.30. The molecule has 0 bridgehead atoms. The van der Waals surface area contributed by atoms with E-state index in [1.54, 1.807) is 12.1 Å². The number of hydrogen-bond donors (Lipinski definition) is 2. The molecule has 2 aliphatic heterocycles. The molecule has 2 N–H and O–H groups in total. The van der Waals surface area contributed by atoms with Crippen LogP contribution in [0.2, 0.25) is 0 Å². The van der Waals surface area contributed by atoms with E-state index in [1.165, 1.54) is 21.9 Å². The van der Waals surface area contributed by atoms with Gasteiger partial charge >= 0.3 is 0 Å². The van der Waals surface area contributed by atoms with Crippen molar-refractivity contribution in [1.82, 2.24) is 10.6 Å². The molecule has 0 atom stereocenters. The van der Waals surface area contributed by atoms with Gasteiger partial charge in [0.2, 0.25) is 0 Å². The Morgan fingerprint density at radius 3 is 1.50 bits per heavy atom. The van der Waals surface area contributed by atoms with Crippen LogP contribution in [0.25, 0.3) is 21.5 Å². The number of hydrogen-bond acceptors (Lipinski definition) is 3. The number of amides is 2. The van der Waals surface area contributed by atoms with Crippen molar-refractivity contribution >= 4 is 33.4 Å². The normalized spacial score (nSPS) is 13.5. The van der Waals surface area contributed by atoms with Crippen molar-refractivity contribution in [3.8, 4) is 0 Å². The predicted octanol–water partition coefficient (Wildman–Crippen LogP) is 5.44. The highest BCUT2D eigenvalue weighted by Crippen LogP contribution is 2.26. The maximum absolute atomic E-state index is 11.6. The molecule has 30 heavy (non-hydrogen) atoms. The number of nitrogens with one attached hydrogen (secondary N) is 2. The van der Waals surface area contributed by atoms with Gasteiger partial charge < -0.3 is 5.32 Å². The number of carbonyl (C=O) groups excluding carboxylic acids is 2. The van der Waals surface area contributed by atoms with Crippen LogP contribution in [0.3, 0.4) is 0 Å². The fourth-order valence-corrected chi connectivity index (χ4v) is 4.09. The van der Waals surface area contributed by atoms with Gasteiger partial charge in [-0.15, -0.1) is 0 Å². The first-order chi connectivity index (χ1) is 13.7. The van der Waals surface area contributed by atoms with Gasteiger partial charge in [-0.25, -0.2) is 0 Å². The van der Waals surface area contributed by atoms with E-state index in [2.05, 4.69) is 47.0 Å². The summed E-state index contributed by atoms with van der Waals surface area (Å²) in [5.74, 6) is -0.631. The van der Waals surface area contributed by atoms with Gasteiger partial charge in [-0.1, -0.05) is 75.5 Å². The van der Waals surface area contributed by atoms with Crippen molar-refractivity contribution in [2.24, 2.45) is 0 Å². The molecule has 0 saturated heterocycles. The standard InChI is InChI=1S/C12H7NO2.C12H11N.2CH4/c14-11-8-5-1-3-7-4-2-6-9(10(7)8)12(15)13-11;1-3-9-4-2-6-11-8-13-7-10(5-1)12(9)11;;/h1-6H,(H,13,14,15);1-6,13H,7-8H2;2*1H4. The third-order valence-electron chi connectivity index (χ3n) is 5.33. The van der Waals surface area contributed by atoms with Crippen molar-refractivity contribution in [1.29, 1.82) is 0 Å². The number of imide groups is 1. The minimum Gasteiger partial charge on any atom is -0.309 e. The quantitative estimate of drug-likeness (QED) is 0.388. The van der Waals surface area contributed by atoms with E-state index in [0.29, 0.717) is 11.1 Å². The van der Waals surface area contributed by atoms with Crippen molar-refractivity contribution < 1.29 is 9.59 Å². The molecule has 0 aliphatic carbocycles. The van der Waals surface area contributed by atoms with E-state index < -0.39 is 0 Å². The molecule has 0 spiro atoms. The minimum absolute atomic E-state index is 0. The zero-order valence-corrected chi connectivity index (χ0v) is 15.2. The molecule has 4 nitrogen and oxygen atoms in total. The highest BCUT2D eigenvalue weighted by molar-refractivity contribution is 6.25. The monoisotopic (exact) mass is 398 g/mol. The summed E-state index contributed by atoms with van der Waals surface area (Å²) in [4.78, 5) is 23.1. The Morgan fingerprint density at radius 2 is 1.00 bits per heavy atom. The molecule has 4 aromatic carbocycles. The Hall–Kier alpha value is -3.50. The van der Waals surface area contributed by atoms with Crippen LogP contribution in [-0.2, 0) is 13.1 Å². The molecule has 2 amide bonds. The van der Waals surface area contributed by atoms with Gasteiger partial charge in [0.05, 0.1) is 0 Å². The van der Waals surface area contributed by atoms with Crippen LogP contribution >= 0.6 is 0 Å². The largest absolute Gasteiger partial charge is 0.309 e. The Bertz CT molecular complexity index is 1170. The predicted molar refractivity (Wildman–Crippen MR) is 124 cm³/mol. The average Bonchev–Trinajstić information content (AvgIpc) is 2.73. The molecule has 4 heteroatoms. The molecule has 0 radical (unpaired) electrons. The number of benzene rings is 4. The first-order valence-corrected chi connectivity index (χ1v) is 9.30. The van der Waals surface area contributed by atoms with Gasteiger partial charge in [0.15, 0.2) is 0 Å². The van der Waals surface area contributed by atoms with E-state index in [-0.39, 0.29) is 26.7 Å². The number of rotatable bonds is 0. The number of carbonyl (C=O) groups is 2. The summed E-state index contributed by atoms with van der Waals surface area (Å²) < 4.78 is 0. The van der Waals surface area contributed by atoms with E-state index in [1.807, 2.05) is 24.3 Å². The molecule has 2 aliphatic rings. The summed E-state index contributed by atoms with van der Waals surface area (Å²) >= 11 is 0. The summed E-state index contributed by atoms with van der Waals surface area (Å²) in [5, 5.41) is 10.2. The summed E-state index contributed by atoms with van der Waals surface area (Å²) in [5.41, 5.74) is 4.00. The third kappa shape index (κ3) is 3.46. The van der Waals surface area contributed by atoms with Crippen molar-refractivity contribution in [3.05, 3.63) is 95.1 Å². The van der Waals surface area contributed by atoms with Crippen LogP contribution in [0, 0.1) is 0 Å². The third-order valence-corrected chi connectivity index (χ3v) is 5.33. The molecule has 4 aromatic rings. The lowest BCUT2D eigenvalue weighted by Crippen LogP contribution is -2.34. The molecule has 0 fully saturated rings. The van der Waals surface area contributed by atoms with Gasteiger partial charge in [0.1, 0.15) is 0 Å². The second kappa shape index (κ2) is 8.47. The lowest BCUT2D eigenvalue weighted by Gasteiger charge is -2.17. The molecular formula is C26H26N2O2. The van der Waals surface area contributed by atoms with E-state index >= 15 is 0 Å². The van der Waals surface area contributed by atoms with Crippen LogP contribution in [-0.4, -0.2) is 11.8 Å². The summed E-state index contributed by atoms with van der Waals surface area (Å²) in [6, 6.07) is 23.9. The summed E-state index contributed by atoms with van der Waals surface area (Å²) in [6.45, 7) is 2.02. The molecule has 0 unspecified atom stereocenters. The van der Waals surface area contributed by atoms with Gasteiger partial charge in [-0.2, -0.15) is 0 Å². The smallest absolute Gasteiger partial charge is 0.258 e. The first kappa shape index (κ1) is 21.2. The van der Waals surface area contributed by atoms with Gasteiger partial charge in [0, 0.05) is 29.6 Å². The van der Waals surface area contributed by atoms with Crippen molar-refractivity contribution in [2.75, 3.05) is 0 Å². The summed E-state index contributed by atoms with van der Waals surface area (Å²) in [6.07, 6.45) is 0. The molecule has 152 valence electrons. The second-order valence-electron chi connectivity index (χ2n) is 7.03. The molecule has 0 aromatic heterocycles. The molecule has 2 heterocycles. The van der Waals surface area contributed by atoms with Gasteiger partial charge in [-0.05, 0) is 39.4 Å². The summed E-state index contributed by atoms with van der Waals surface area (Å²) in [7, 11) is 0. The van der Waals surface area contributed by atoms with Gasteiger partial charge in [0.25, 0.3) is 11.8 Å². The Labute approximate surface area is 176 Å². The fourth-order valence-electron chi connectivity index (χ4n) is 4.09. The Balaban J connectivity index is 0.000000161. The molecular weight excluding hydrogens is 372 g/mol. The van der Waals surface area contributed by atoms with Crippen LogP contribution in [0.4, 0.5) is 0 Å². The maximum Gasteiger partial charge on any atom is 0.258 e. The SMILES string of the molecule is C.C.O=C1NC(=O)c2cccc3cccc1c23.c1cc2c3c(cccc3c1)CNC2. The van der Waals surface area contributed by atoms with Crippen LogP contribution < -0.4 is 10.6 Å². The Morgan fingerprint density at radius 1 is 0.567 bits per heavy atom. The van der Waals surface area contributed by atoms with Crippen LogP contribution in [0.15, 0.2) is 72.8 Å². The lowest BCUT2D eigenvalue weighted by molar-refractivity contribution is 0.0845.